The molecule has 0 rings (SSSR count). The second-order valence-corrected chi connectivity index (χ2v) is 6.91. The van der Waals surface area contributed by atoms with Crippen LogP contribution in [0.1, 0.15) is 47.5 Å². The molecule has 11 nitrogen and oxygen atoms in total. The zero-order valence-corrected chi connectivity index (χ0v) is 16.2. The maximum atomic E-state index is 11.9. The standard InChI is InChI=1S/C16H30N2O9/c1-9(2)6-12(7-13(19)20)8-17-16(22)26-11(5)25-15(21)14(10(3)4)27-18(23)24/h9-12,14,23-24H,6-8H2,1-5H3,(H,17,22)(H,19,20)/t11?,12-,14-/m0/s1. The van der Waals surface area contributed by atoms with Crippen molar-refractivity contribution >= 4 is 18.0 Å². The molecule has 0 aliphatic carbocycles. The first kappa shape index (κ1) is 25.1. The average Bonchev–Trinajstić information content (AvgIpc) is 2.48. The number of esters is 1. The monoisotopic (exact) mass is 394 g/mol. The van der Waals surface area contributed by atoms with Crippen molar-refractivity contribution in [3.8, 4) is 0 Å². The first-order valence-electron chi connectivity index (χ1n) is 8.63. The minimum Gasteiger partial charge on any atom is -0.481 e. The summed E-state index contributed by atoms with van der Waals surface area (Å²) in [6.07, 6.45) is -2.93. The van der Waals surface area contributed by atoms with E-state index in [1.807, 2.05) is 13.8 Å². The second kappa shape index (κ2) is 12.4. The van der Waals surface area contributed by atoms with Crippen LogP contribution in [0.2, 0.25) is 0 Å². The molecule has 0 bridgehead atoms. The van der Waals surface area contributed by atoms with Crippen LogP contribution in [0.5, 0.6) is 0 Å². The summed E-state index contributed by atoms with van der Waals surface area (Å²) in [6.45, 7) is 8.47. The first-order valence-corrected chi connectivity index (χ1v) is 8.63. The minimum atomic E-state index is -1.32. The van der Waals surface area contributed by atoms with Gasteiger partial charge in [0.2, 0.25) is 6.29 Å². The summed E-state index contributed by atoms with van der Waals surface area (Å²) in [7, 11) is 0. The van der Waals surface area contributed by atoms with Crippen LogP contribution in [0.3, 0.4) is 0 Å². The third kappa shape index (κ3) is 12.1. The Labute approximate surface area is 158 Å². The Morgan fingerprint density at radius 2 is 1.63 bits per heavy atom. The molecule has 11 heteroatoms. The molecule has 0 saturated carbocycles. The number of ether oxygens (including phenoxy) is 2. The Bertz CT molecular complexity index is 483. The number of carboxylic acid groups (broad SMARTS) is 1. The van der Waals surface area contributed by atoms with E-state index in [1.54, 1.807) is 13.8 Å². The van der Waals surface area contributed by atoms with E-state index in [9.17, 15) is 14.4 Å². The topological polar surface area (TPSA) is 155 Å². The molecule has 27 heavy (non-hydrogen) atoms. The lowest BCUT2D eigenvalue weighted by atomic mass is 9.94. The normalized spacial score (nSPS) is 14.7. The fraction of sp³-hybridized carbons (Fsp3) is 0.812. The molecular formula is C16H30N2O9. The molecule has 4 N–H and O–H groups in total. The molecule has 0 aromatic heterocycles. The van der Waals surface area contributed by atoms with Gasteiger partial charge in [0.05, 0.1) is 5.39 Å². The van der Waals surface area contributed by atoms with E-state index in [0.29, 0.717) is 6.42 Å². The van der Waals surface area contributed by atoms with E-state index in [2.05, 4.69) is 10.2 Å². The number of carboxylic acids is 1. The van der Waals surface area contributed by atoms with E-state index in [4.69, 9.17) is 25.0 Å². The fourth-order valence-corrected chi connectivity index (χ4v) is 2.37. The number of alkyl carbamates (subject to hydrolysis) is 1. The molecule has 0 radical (unpaired) electrons. The van der Waals surface area contributed by atoms with Gasteiger partial charge in [0, 0.05) is 19.9 Å². The van der Waals surface area contributed by atoms with Crippen molar-refractivity contribution in [3.63, 3.8) is 0 Å². The Morgan fingerprint density at radius 3 is 2.07 bits per heavy atom. The van der Waals surface area contributed by atoms with Gasteiger partial charge in [0.25, 0.3) is 0 Å². The van der Waals surface area contributed by atoms with Crippen LogP contribution in [0, 0.1) is 17.8 Å². The molecule has 0 fully saturated rings. The first-order chi connectivity index (χ1) is 12.4. The molecule has 0 aromatic carbocycles. The van der Waals surface area contributed by atoms with E-state index in [1.165, 1.54) is 6.92 Å². The molecule has 1 unspecified atom stereocenters. The van der Waals surface area contributed by atoms with Crippen LogP contribution in [0.4, 0.5) is 4.79 Å². The van der Waals surface area contributed by atoms with Crippen LogP contribution in [-0.4, -0.2) is 57.9 Å². The zero-order valence-electron chi connectivity index (χ0n) is 16.2. The molecular weight excluding hydrogens is 364 g/mol. The molecule has 0 heterocycles. The highest BCUT2D eigenvalue weighted by atomic mass is 17.1. The summed E-state index contributed by atoms with van der Waals surface area (Å²) < 4.78 is 9.77. The molecule has 0 aromatic rings. The van der Waals surface area contributed by atoms with Crippen molar-refractivity contribution in [2.75, 3.05) is 6.54 Å². The van der Waals surface area contributed by atoms with Crippen molar-refractivity contribution < 1.29 is 44.2 Å². The van der Waals surface area contributed by atoms with Crippen molar-refractivity contribution in [2.24, 2.45) is 17.8 Å². The minimum absolute atomic E-state index is 0.0881. The fourth-order valence-electron chi connectivity index (χ4n) is 2.37. The van der Waals surface area contributed by atoms with Gasteiger partial charge in [-0.3, -0.25) is 15.2 Å². The molecule has 3 atom stereocenters. The summed E-state index contributed by atoms with van der Waals surface area (Å²) in [5, 5.41) is 28.1. The van der Waals surface area contributed by atoms with Gasteiger partial charge < -0.3 is 19.9 Å². The maximum Gasteiger partial charge on any atom is 0.410 e. The lowest BCUT2D eigenvalue weighted by Gasteiger charge is -2.23. The van der Waals surface area contributed by atoms with Crippen LogP contribution in [0.15, 0.2) is 0 Å². The van der Waals surface area contributed by atoms with Crippen LogP contribution < -0.4 is 5.32 Å². The summed E-state index contributed by atoms with van der Waals surface area (Å²) >= 11 is 0. The molecule has 0 spiro atoms. The molecule has 0 aliphatic rings. The van der Waals surface area contributed by atoms with Crippen molar-refractivity contribution in [1.29, 1.82) is 0 Å². The van der Waals surface area contributed by atoms with E-state index < -0.39 is 41.7 Å². The van der Waals surface area contributed by atoms with E-state index >= 15 is 0 Å². The largest absolute Gasteiger partial charge is 0.481 e. The number of carbonyl (C=O) groups excluding carboxylic acids is 2. The quantitative estimate of drug-likeness (QED) is 0.219. The van der Waals surface area contributed by atoms with Crippen molar-refractivity contribution in [2.45, 2.75) is 59.9 Å². The number of carbonyl (C=O) groups is 3. The van der Waals surface area contributed by atoms with Crippen molar-refractivity contribution in [1.82, 2.24) is 10.7 Å². The highest BCUT2D eigenvalue weighted by molar-refractivity contribution is 5.75. The van der Waals surface area contributed by atoms with E-state index in [-0.39, 0.29) is 24.8 Å². The van der Waals surface area contributed by atoms with Crippen molar-refractivity contribution in [3.05, 3.63) is 0 Å². The summed E-state index contributed by atoms with van der Waals surface area (Å²) in [5.74, 6) is -2.36. The number of nitrogens with one attached hydrogen (secondary N) is 1. The number of hydrogen-bond donors (Lipinski definition) is 4. The molecule has 0 saturated heterocycles. The van der Waals surface area contributed by atoms with Gasteiger partial charge in [0.1, 0.15) is 0 Å². The highest BCUT2D eigenvalue weighted by Gasteiger charge is 2.29. The van der Waals surface area contributed by atoms with Crippen LogP contribution in [-0.2, 0) is 23.9 Å². The third-order valence-corrected chi connectivity index (χ3v) is 3.40. The number of aliphatic carboxylic acids is 1. The number of nitrogens with zero attached hydrogens (tertiary/aromatic N) is 1. The zero-order chi connectivity index (χ0) is 21.1. The highest BCUT2D eigenvalue weighted by Crippen LogP contribution is 2.15. The SMILES string of the molecule is CC(C)C[C@H](CNC(=O)OC(C)OC(=O)[C@@H](ON(O)O)C(C)C)CC(=O)O. The summed E-state index contributed by atoms with van der Waals surface area (Å²) in [4.78, 5) is 39.1. The third-order valence-electron chi connectivity index (χ3n) is 3.40. The Balaban J connectivity index is 4.50. The number of amides is 1. The van der Waals surface area contributed by atoms with Gasteiger partial charge in [-0.25, -0.2) is 14.4 Å². The Hall–Kier alpha value is -1.95. The Morgan fingerprint density at radius 1 is 1.04 bits per heavy atom. The van der Waals surface area contributed by atoms with Crippen LogP contribution in [0.25, 0.3) is 0 Å². The maximum absolute atomic E-state index is 11.9. The molecule has 1 amide bonds. The van der Waals surface area contributed by atoms with Gasteiger partial charge in [-0.05, 0) is 24.2 Å². The lowest BCUT2D eigenvalue weighted by molar-refractivity contribution is -0.504. The van der Waals surface area contributed by atoms with Gasteiger partial charge >= 0.3 is 18.0 Å². The predicted octanol–water partition coefficient (Wildman–Crippen LogP) is 1.78. The Kier molecular flexibility index (Phi) is 11.5. The second-order valence-electron chi connectivity index (χ2n) is 6.91. The summed E-state index contributed by atoms with van der Waals surface area (Å²) in [6, 6.07) is 0. The molecule has 0 aliphatic heterocycles. The van der Waals surface area contributed by atoms with Gasteiger partial charge in [0.15, 0.2) is 6.10 Å². The van der Waals surface area contributed by atoms with Gasteiger partial charge in [-0.15, -0.1) is 0 Å². The number of hydrogen-bond acceptors (Lipinski definition) is 9. The van der Waals surface area contributed by atoms with E-state index in [0.717, 1.165) is 0 Å². The number of rotatable bonds is 12. The average molecular weight is 394 g/mol. The van der Waals surface area contributed by atoms with Gasteiger partial charge in [-0.2, -0.15) is 0 Å². The lowest BCUT2D eigenvalue weighted by Crippen LogP contribution is -2.39. The van der Waals surface area contributed by atoms with Crippen LogP contribution >= 0.6 is 0 Å². The summed E-state index contributed by atoms with van der Waals surface area (Å²) in [5.41, 5.74) is 0. The molecule has 158 valence electrons. The predicted molar refractivity (Wildman–Crippen MR) is 90.4 cm³/mol. The van der Waals surface area contributed by atoms with Gasteiger partial charge in [-0.1, -0.05) is 27.7 Å². The smallest absolute Gasteiger partial charge is 0.410 e.